The second kappa shape index (κ2) is 6.37. The second-order valence-electron chi connectivity index (χ2n) is 4.78. The van der Waals surface area contributed by atoms with Gasteiger partial charge in [0.2, 0.25) is 5.13 Å². The summed E-state index contributed by atoms with van der Waals surface area (Å²) in [6, 6.07) is 5.79. The predicted molar refractivity (Wildman–Crippen MR) is 88.5 cm³/mol. The van der Waals surface area contributed by atoms with E-state index in [2.05, 4.69) is 32.6 Å². The second-order valence-corrected chi connectivity index (χ2v) is 7.13. The lowest BCUT2D eigenvalue weighted by atomic mass is 10.3. The molecule has 0 saturated carbocycles. The minimum Gasteiger partial charge on any atom is -0.295 e. The number of thiophene rings is 1. The van der Waals surface area contributed by atoms with Crippen LogP contribution in [-0.4, -0.2) is 26.3 Å². The van der Waals surface area contributed by atoms with Crippen molar-refractivity contribution < 1.29 is 4.79 Å². The number of hydrogen-bond acceptors (Lipinski definition) is 6. The lowest BCUT2D eigenvalue weighted by molar-refractivity contribution is 0.102. The molecule has 0 radical (unpaired) electrons. The summed E-state index contributed by atoms with van der Waals surface area (Å²) in [4.78, 5) is 14.5. The van der Waals surface area contributed by atoms with Gasteiger partial charge < -0.3 is 0 Å². The molecule has 0 fully saturated rings. The maximum absolute atomic E-state index is 12.2. The Morgan fingerprint density at radius 1 is 1.32 bits per heavy atom. The highest BCUT2D eigenvalue weighted by molar-refractivity contribution is 7.15. The Kier molecular flexibility index (Phi) is 4.30. The first-order valence-corrected chi connectivity index (χ1v) is 8.55. The third kappa shape index (κ3) is 3.23. The number of anilines is 1. The molecule has 3 aromatic rings. The van der Waals surface area contributed by atoms with Crippen LogP contribution in [0.15, 0.2) is 18.2 Å². The van der Waals surface area contributed by atoms with Crippen molar-refractivity contribution in [3.8, 4) is 10.6 Å². The van der Waals surface area contributed by atoms with Crippen LogP contribution in [0.1, 0.15) is 33.7 Å². The Balaban J connectivity index is 1.71. The van der Waals surface area contributed by atoms with Crippen LogP contribution in [0.25, 0.3) is 10.6 Å². The van der Waals surface area contributed by atoms with E-state index in [1.54, 1.807) is 17.4 Å². The molecule has 0 aromatic carbocycles. The molecule has 0 aliphatic rings. The fourth-order valence-electron chi connectivity index (χ4n) is 1.92. The van der Waals surface area contributed by atoms with E-state index in [0.717, 1.165) is 28.4 Å². The molecule has 0 atom stereocenters. The lowest BCUT2D eigenvalue weighted by Gasteiger charge is -1.95. The molecule has 22 heavy (non-hydrogen) atoms. The molecule has 3 rings (SSSR count). The number of hydrogen-bond donors (Lipinski definition) is 2. The summed E-state index contributed by atoms with van der Waals surface area (Å²) in [6.45, 7) is 4.12. The van der Waals surface area contributed by atoms with Crippen LogP contribution in [0.4, 0.5) is 5.13 Å². The van der Waals surface area contributed by atoms with E-state index < -0.39 is 0 Å². The van der Waals surface area contributed by atoms with Gasteiger partial charge in [-0.1, -0.05) is 18.3 Å². The van der Waals surface area contributed by atoms with Crippen LogP contribution in [-0.2, 0) is 6.42 Å². The van der Waals surface area contributed by atoms with E-state index in [0.29, 0.717) is 10.8 Å². The highest BCUT2D eigenvalue weighted by atomic mass is 32.1. The summed E-state index contributed by atoms with van der Waals surface area (Å²) in [7, 11) is 0. The molecular weight excluding hydrogens is 318 g/mol. The quantitative estimate of drug-likeness (QED) is 0.748. The molecule has 0 unspecified atom stereocenters. The van der Waals surface area contributed by atoms with Gasteiger partial charge >= 0.3 is 0 Å². The largest absolute Gasteiger partial charge is 0.295 e. The van der Waals surface area contributed by atoms with Crippen molar-refractivity contribution in [2.45, 2.75) is 26.7 Å². The smallest absolute Gasteiger partial charge is 0.277 e. The molecule has 1 amide bonds. The minimum atomic E-state index is -0.282. The zero-order valence-electron chi connectivity index (χ0n) is 12.2. The molecule has 8 heteroatoms. The summed E-state index contributed by atoms with van der Waals surface area (Å²) >= 11 is 3.05. The van der Waals surface area contributed by atoms with Crippen LogP contribution in [0.5, 0.6) is 0 Å². The summed E-state index contributed by atoms with van der Waals surface area (Å²) < 4.78 is 0. The van der Waals surface area contributed by atoms with Crippen LogP contribution in [0.3, 0.4) is 0 Å². The third-order valence-electron chi connectivity index (χ3n) is 2.97. The van der Waals surface area contributed by atoms with E-state index in [1.807, 2.05) is 19.1 Å². The number of H-pyrrole nitrogens is 1. The van der Waals surface area contributed by atoms with Crippen molar-refractivity contribution in [2.75, 3.05) is 5.32 Å². The topological polar surface area (TPSA) is 83.6 Å². The number of aromatic amines is 1. The van der Waals surface area contributed by atoms with Crippen LogP contribution >= 0.6 is 22.7 Å². The van der Waals surface area contributed by atoms with Gasteiger partial charge in [0.25, 0.3) is 5.91 Å². The number of carbonyl (C=O) groups is 1. The van der Waals surface area contributed by atoms with Gasteiger partial charge in [-0.15, -0.1) is 21.5 Å². The summed E-state index contributed by atoms with van der Waals surface area (Å²) in [6.07, 6.45) is 1.88. The average Bonchev–Trinajstić information content (AvgIpc) is 3.19. The van der Waals surface area contributed by atoms with Crippen LogP contribution in [0, 0.1) is 6.92 Å². The number of rotatable bonds is 5. The Bertz CT molecular complexity index is 789. The Hall–Kier alpha value is -2.06. The molecule has 3 heterocycles. The first kappa shape index (κ1) is 14.9. The van der Waals surface area contributed by atoms with Crippen molar-refractivity contribution in [3.63, 3.8) is 0 Å². The monoisotopic (exact) mass is 333 g/mol. The molecule has 0 spiro atoms. The van der Waals surface area contributed by atoms with Gasteiger partial charge in [0.1, 0.15) is 5.01 Å². The van der Waals surface area contributed by atoms with E-state index in [9.17, 15) is 4.79 Å². The maximum atomic E-state index is 12.2. The van der Waals surface area contributed by atoms with Gasteiger partial charge in [0, 0.05) is 11.3 Å². The number of carbonyl (C=O) groups excluding carboxylic acids is 1. The summed E-state index contributed by atoms with van der Waals surface area (Å²) in [5, 5.41) is 19.1. The fraction of sp³-hybridized carbons (Fsp3) is 0.286. The molecule has 2 N–H and O–H groups in total. The molecule has 3 aromatic heterocycles. The van der Waals surface area contributed by atoms with Gasteiger partial charge in [0.15, 0.2) is 5.69 Å². The highest BCUT2D eigenvalue weighted by Gasteiger charge is 2.14. The molecular formula is C14H15N5OS2. The number of amides is 1. The standard InChI is InChI=1S/C14H15N5OS2/c1-3-4-12-18-19-14(22-12)15-13(20)10-7-9(16-17-10)11-6-5-8(2)21-11/h5-7H,3-4H2,1-2H3,(H,16,17)(H,15,19,20). The van der Waals surface area contributed by atoms with E-state index in [-0.39, 0.29) is 5.91 Å². The highest BCUT2D eigenvalue weighted by Crippen LogP contribution is 2.26. The number of nitrogens with zero attached hydrogens (tertiary/aromatic N) is 3. The van der Waals surface area contributed by atoms with Crippen molar-refractivity contribution in [1.29, 1.82) is 0 Å². The SMILES string of the molecule is CCCc1nnc(NC(=O)c2cc(-c3ccc(C)s3)[nH]n2)s1. The molecule has 0 aliphatic heterocycles. The van der Waals surface area contributed by atoms with E-state index in [1.165, 1.54) is 16.2 Å². The van der Waals surface area contributed by atoms with Crippen LogP contribution < -0.4 is 5.32 Å². The van der Waals surface area contributed by atoms with Gasteiger partial charge in [-0.25, -0.2) is 0 Å². The lowest BCUT2D eigenvalue weighted by Crippen LogP contribution is -2.12. The Morgan fingerprint density at radius 3 is 2.91 bits per heavy atom. The normalized spacial score (nSPS) is 10.8. The minimum absolute atomic E-state index is 0.282. The number of nitrogens with one attached hydrogen (secondary N) is 2. The first-order valence-electron chi connectivity index (χ1n) is 6.91. The van der Waals surface area contributed by atoms with Crippen molar-refractivity contribution in [3.05, 3.63) is 33.8 Å². The van der Waals surface area contributed by atoms with Gasteiger partial charge in [-0.2, -0.15) is 5.10 Å². The van der Waals surface area contributed by atoms with Crippen LogP contribution in [0.2, 0.25) is 0 Å². The van der Waals surface area contributed by atoms with E-state index in [4.69, 9.17) is 0 Å². The molecule has 0 saturated heterocycles. The molecule has 0 aliphatic carbocycles. The van der Waals surface area contributed by atoms with Crippen molar-refractivity contribution >= 4 is 33.7 Å². The van der Waals surface area contributed by atoms with Gasteiger partial charge in [-0.3, -0.25) is 15.2 Å². The zero-order valence-corrected chi connectivity index (χ0v) is 13.8. The summed E-state index contributed by atoms with van der Waals surface area (Å²) in [5.74, 6) is -0.282. The van der Waals surface area contributed by atoms with Crippen molar-refractivity contribution in [1.82, 2.24) is 20.4 Å². The summed E-state index contributed by atoms with van der Waals surface area (Å²) in [5.41, 5.74) is 1.18. The zero-order chi connectivity index (χ0) is 15.5. The Morgan fingerprint density at radius 2 is 2.18 bits per heavy atom. The molecule has 6 nitrogen and oxygen atoms in total. The van der Waals surface area contributed by atoms with Gasteiger partial charge in [0.05, 0.1) is 10.6 Å². The average molecular weight is 333 g/mol. The number of aromatic nitrogens is 4. The number of aryl methyl sites for hydroxylation is 2. The molecule has 114 valence electrons. The molecule has 0 bridgehead atoms. The maximum Gasteiger partial charge on any atom is 0.277 e. The van der Waals surface area contributed by atoms with E-state index >= 15 is 0 Å². The third-order valence-corrected chi connectivity index (χ3v) is 4.90. The van der Waals surface area contributed by atoms with Gasteiger partial charge in [-0.05, 0) is 31.5 Å². The Labute approximate surface area is 135 Å². The van der Waals surface area contributed by atoms with Crippen molar-refractivity contribution in [2.24, 2.45) is 0 Å². The predicted octanol–water partition coefficient (Wildman–Crippen LogP) is 3.50. The first-order chi connectivity index (χ1) is 10.7. The fourth-order valence-corrected chi connectivity index (χ4v) is 3.59.